The van der Waals surface area contributed by atoms with E-state index in [1.165, 1.54) is 0 Å². The minimum absolute atomic E-state index is 0.107. The molecule has 2 unspecified atom stereocenters. The molecule has 0 saturated carbocycles. The molecule has 2 aromatic carbocycles. The molecular weight excluding hydrogens is 426 g/mol. The number of esters is 2. The molecule has 8 nitrogen and oxygen atoms in total. The fourth-order valence-electron chi connectivity index (χ4n) is 3.90. The van der Waals surface area contributed by atoms with E-state index < -0.39 is 30.5 Å². The summed E-state index contributed by atoms with van der Waals surface area (Å²) < 4.78 is 20.8. The van der Waals surface area contributed by atoms with Gasteiger partial charge in [0.2, 0.25) is 5.91 Å². The number of methoxy groups -OCH3 is 2. The molecule has 1 saturated heterocycles. The lowest BCUT2D eigenvalue weighted by Crippen LogP contribution is -2.46. The number of hydrogen-bond donors (Lipinski definition) is 0. The zero-order chi connectivity index (χ0) is 24.0. The van der Waals surface area contributed by atoms with Gasteiger partial charge in [0.15, 0.2) is 6.61 Å². The van der Waals surface area contributed by atoms with Crippen LogP contribution in [0, 0.1) is 5.92 Å². The van der Waals surface area contributed by atoms with Gasteiger partial charge in [-0.15, -0.1) is 0 Å². The highest BCUT2D eigenvalue weighted by Crippen LogP contribution is 2.41. The van der Waals surface area contributed by atoms with Gasteiger partial charge in [-0.2, -0.15) is 0 Å². The highest BCUT2D eigenvalue weighted by Gasteiger charge is 2.42. The maximum atomic E-state index is 13.1. The number of anilines is 1. The zero-order valence-corrected chi connectivity index (χ0v) is 19.3. The second-order valence-electron chi connectivity index (χ2n) is 7.97. The van der Waals surface area contributed by atoms with Crippen LogP contribution in [0.2, 0.25) is 0 Å². The van der Waals surface area contributed by atoms with Crippen molar-refractivity contribution >= 4 is 23.5 Å². The Labute approximate surface area is 193 Å². The molecular formula is C25H29NO7. The van der Waals surface area contributed by atoms with E-state index in [1.807, 2.05) is 12.1 Å². The van der Waals surface area contributed by atoms with Crippen molar-refractivity contribution in [1.82, 2.24) is 0 Å². The second kappa shape index (κ2) is 10.8. The first kappa shape index (κ1) is 24.1. The first-order valence-electron chi connectivity index (χ1n) is 10.8. The van der Waals surface area contributed by atoms with Crippen LogP contribution in [0.25, 0.3) is 0 Å². The largest absolute Gasteiger partial charge is 0.497 e. The fourth-order valence-corrected chi connectivity index (χ4v) is 3.90. The van der Waals surface area contributed by atoms with E-state index in [4.69, 9.17) is 18.9 Å². The van der Waals surface area contributed by atoms with Crippen molar-refractivity contribution in [2.24, 2.45) is 5.92 Å². The predicted octanol–water partition coefficient (Wildman–Crippen LogP) is 3.68. The van der Waals surface area contributed by atoms with Crippen LogP contribution in [0.15, 0.2) is 48.5 Å². The van der Waals surface area contributed by atoms with E-state index >= 15 is 0 Å². The third kappa shape index (κ3) is 5.83. The summed E-state index contributed by atoms with van der Waals surface area (Å²) in [6.07, 6.45) is 0.177. The Balaban J connectivity index is 1.93. The number of rotatable bonds is 8. The summed E-state index contributed by atoms with van der Waals surface area (Å²) in [6, 6.07) is 13.7. The molecule has 0 radical (unpaired) electrons. The summed E-state index contributed by atoms with van der Waals surface area (Å²) >= 11 is 0. The number of piperidine rings is 1. The predicted molar refractivity (Wildman–Crippen MR) is 121 cm³/mol. The molecule has 1 aliphatic rings. The van der Waals surface area contributed by atoms with Crippen LogP contribution in [0.1, 0.15) is 38.3 Å². The Morgan fingerprint density at radius 3 is 2.09 bits per heavy atom. The van der Waals surface area contributed by atoms with Crippen molar-refractivity contribution in [2.75, 3.05) is 25.7 Å². The molecule has 176 valence electrons. The number of amides is 1. The van der Waals surface area contributed by atoms with Gasteiger partial charge in [0.05, 0.1) is 32.3 Å². The first-order valence-corrected chi connectivity index (χ1v) is 10.8. The van der Waals surface area contributed by atoms with E-state index in [-0.39, 0.29) is 18.4 Å². The van der Waals surface area contributed by atoms with E-state index in [1.54, 1.807) is 69.4 Å². The molecule has 8 heteroatoms. The Morgan fingerprint density at radius 1 is 0.970 bits per heavy atom. The molecule has 1 heterocycles. The molecule has 0 aliphatic carbocycles. The number of carbonyl (C=O) groups is 3. The topological polar surface area (TPSA) is 91.4 Å². The van der Waals surface area contributed by atoms with E-state index in [0.717, 1.165) is 5.56 Å². The maximum Gasteiger partial charge on any atom is 0.344 e. The molecule has 0 spiro atoms. The van der Waals surface area contributed by atoms with Crippen LogP contribution in [0.3, 0.4) is 0 Å². The second-order valence-corrected chi connectivity index (χ2v) is 7.97. The van der Waals surface area contributed by atoms with Gasteiger partial charge >= 0.3 is 11.9 Å². The molecule has 1 amide bonds. The quantitative estimate of drug-likeness (QED) is 0.561. The fraction of sp³-hybridized carbons (Fsp3) is 0.400. The van der Waals surface area contributed by atoms with Gasteiger partial charge in [-0.3, -0.25) is 9.59 Å². The molecule has 33 heavy (non-hydrogen) atoms. The van der Waals surface area contributed by atoms with Crippen LogP contribution in [-0.2, 0) is 23.9 Å². The Bertz CT molecular complexity index is 969. The molecule has 0 N–H and O–H groups in total. The van der Waals surface area contributed by atoms with Crippen LogP contribution in [-0.4, -0.2) is 44.8 Å². The molecule has 3 rings (SSSR count). The number of nitrogens with zero attached hydrogens (tertiary/aromatic N) is 1. The lowest BCUT2D eigenvalue weighted by Gasteiger charge is -2.40. The smallest absolute Gasteiger partial charge is 0.344 e. The van der Waals surface area contributed by atoms with E-state index in [9.17, 15) is 14.4 Å². The summed E-state index contributed by atoms with van der Waals surface area (Å²) in [5, 5.41) is 0. The number of hydrogen-bond acceptors (Lipinski definition) is 7. The minimum Gasteiger partial charge on any atom is -0.497 e. The normalized spacial score (nSPS) is 18.1. The van der Waals surface area contributed by atoms with E-state index in [2.05, 4.69) is 0 Å². The highest BCUT2D eigenvalue weighted by atomic mass is 16.6. The SMILES string of the molecule is COc1ccc(C2C(C(=O)OCC(=O)OC(C)C)CCC(=O)N2c2ccc(OC)cc2)cc1. The Hall–Kier alpha value is -3.55. The van der Waals surface area contributed by atoms with E-state index in [0.29, 0.717) is 23.6 Å². The monoisotopic (exact) mass is 455 g/mol. The molecule has 0 aromatic heterocycles. The summed E-state index contributed by atoms with van der Waals surface area (Å²) in [5.74, 6) is -0.619. The van der Waals surface area contributed by atoms with Crippen molar-refractivity contribution in [3.8, 4) is 11.5 Å². The van der Waals surface area contributed by atoms with Gasteiger partial charge in [0.1, 0.15) is 11.5 Å². The first-order chi connectivity index (χ1) is 15.8. The number of benzene rings is 2. The summed E-state index contributed by atoms with van der Waals surface area (Å²) in [7, 11) is 3.14. The van der Waals surface area contributed by atoms with Gasteiger partial charge in [0.25, 0.3) is 0 Å². The van der Waals surface area contributed by atoms with Gasteiger partial charge in [0, 0.05) is 12.1 Å². The molecule has 1 fully saturated rings. The Kier molecular flexibility index (Phi) is 7.92. The van der Waals surface area contributed by atoms with Gasteiger partial charge in [-0.25, -0.2) is 4.79 Å². The van der Waals surface area contributed by atoms with Gasteiger partial charge in [-0.1, -0.05) is 12.1 Å². The highest BCUT2D eigenvalue weighted by molar-refractivity contribution is 5.97. The minimum atomic E-state index is -0.662. The van der Waals surface area contributed by atoms with Crippen LogP contribution in [0.4, 0.5) is 5.69 Å². The Morgan fingerprint density at radius 2 is 1.55 bits per heavy atom. The summed E-state index contributed by atoms with van der Waals surface area (Å²) in [4.78, 5) is 39.6. The lowest BCUT2D eigenvalue weighted by atomic mass is 9.83. The van der Waals surface area contributed by atoms with Gasteiger partial charge < -0.3 is 23.8 Å². The van der Waals surface area contributed by atoms with Gasteiger partial charge in [-0.05, 0) is 62.2 Å². The molecule has 2 atom stereocenters. The third-order valence-electron chi connectivity index (χ3n) is 5.41. The third-order valence-corrected chi connectivity index (χ3v) is 5.41. The van der Waals surface area contributed by atoms with Crippen LogP contribution >= 0.6 is 0 Å². The van der Waals surface area contributed by atoms with Crippen molar-refractivity contribution in [3.63, 3.8) is 0 Å². The zero-order valence-electron chi connectivity index (χ0n) is 19.3. The van der Waals surface area contributed by atoms with Crippen LogP contribution < -0.4 is 14.4 Å². The lowest BCUT2D eigenvalue weighted by molar-refractivity contribution is -0.164. The van der Waals surface area contributed by atoms with Crippen molar-refractivity contribution in [1.29, 1.82) is 0 Å². The maximum absolute atomic E-state index is 13.1. The van der Waals surface area contributed by atoms with Crippen molar-refractivity contribution < 1.29 is 33.3 Å². The van der Waals surface area contributed by atoms with Crippen molar-refractivity contribution in [2.45, 2.75) is 38.8 Å². The molecule has 1 aliphatic heterocycles. The molecule has 2 aromatic rings. The summed E-state index contributed by atoms with van der Waals surface area (Å²) in [5.41, 5.74) is 1.39. The molecule has 0 bridgehead atoms. The average molecular weight is 456 g/mol. The number of carbonyl (C=O) groups excluding carboxylic acids is 3. The average Bonchev–Trinajstić information content (AvgIpc) is 2.82. The van der Waals surface area contributed by atoms with Crippen LogP contribution in [0.5, 0.6) is 11.5 Å². The summed E-state index contributed by atoms with van der Waals surface area (Å²) in [6.45, 7) is 2.97. The van der Waals surface area contributed by atoms with Crippen molar-refractivity contribution in [3.05, 3.63) is 54.1 Å². The number of ether oxygens (including phenoxy) is 4. The standard InChI is InChI=1S/C25H29NO7/c1-16(2)33-23(28)15-32-25(29)21-13-14-22(27)26(18-7-11-20(31-4)12-8-18)24(21)17-5-9-19(30-3)10-6-17/h5-12,16,21,24H,13-15H2,1-4H3.